The fourth-order valence-corrected chi connectivity index (χ4v) is 2.04. The maximum Gasteiger partial charge on any atom is 0.106 e. The van der Waals surface area contributed by atoms with E-state index in [1.54, 1.807) is 0 Å². The minimum Gasteiger partial charge on any atom is -0.397 e. The summed E-state index contributed by atoms with van der Waals surface area (Å²) in [5.74, 6) is 0. The first kappa shape index (κ1) is 13.6. The molecule has 5 N–H and O–H groups in total. The van der Waals surface area contributed by atoms with E-state index in [0.29, 0.717) is 11.3 Å². The van der Waals surface area contributed by atoms with Crippen LogP contribution >= 0.6 is 0 Å². The van der Waals surface area contributed by atoms with Gasteiger partial charge in [0.1, 0.15) is 10.7 Å². The predicted molar refractivity (Wildman–Crippen MR) is 67.9 cm³/mol. The summed E-state index contributed by atoms with van der Waals surface area (Å²) in [5, 5.41) is 22.9. The summed E-state index contributed by atoms with van der Waals surface area (Å²) in [7, 11) is 0. The Labute approximate surface area is 102 Å². The molecule has 0 saturated heterocycles. The van der Waals surface area contributed by atoms with Crippen LogP contribution in [0.15, 0.2) is 0 Å². The Morgan fingerprint density at radius 1 is 0.824 bits per heavy atom. The van der Waals surface area contributed by atoms with Gasteiger partial charge >= 0.3 is 0 Å². The van der Waals surface area contributed by atoms with Crippen molar-refractivity contribution in [2.75, 3.05) is 5.73 Å². The molecular weight excluding hydrogens is 212 g/mol. The molecule has 0 aliphatic carbocycles. The Bertz CT molecular complexity index is 495. The third kappa shape index (κ3) is 3.25. The fourth-order valence-electron chi connectivity index (χ4n) is 2.04. The van der Waals surface area contributed by atoms with Gasteiger partial charge < -0.3 is 5.73 Å². The molecule has 0 spiro atoms. The lowest BCUT2D eigenvalue weighted by molar-refractivity contribution is 0.607. The molecule has 1 aromatic rings. The highest BCUT2D eigenvalue weighted by molar-refractivity contribution is 5.46. The van der Waals surface area contributed by atoms with Gasteiger partial charge in [-0.1, -0.05) is 39.0 Å². The van der Waals surface area contributed by atoms with Crippen LogP contribution in [0.25, 0.3) is 0 Å². The van der Waals surface area contributed by atoms with Crippen LogP contribution in [0.4, 0.5) is 5.69 Å². The molecule has 0 aliphatic heterocycles. The van der Waals surface area contributed by atoms with E-state index >= 15 is 0 Å². The van der Waals surface area contributed by atoms with Crippen molar-refractivity contribution in [1.29, 1.82) is 16.2 Å². The highest BCUT2D eigenvalue weighted by atomic mass is 14.6. The van der Waals surface area contributed by atoms with Crippen molar-refractivity contribution in [1.82, 2.24) is 0 Å². The molecular formula is C13H22N4. The molecule has 0 saturated carbocycles. The van der Waals surface area contributed by atoms with E-state index in [1.165, 1.54) is 25.7 Å². The van der Waals surface area contributed by atoms with E-state index in [9.17, 15) is 0 Å². The van der Waals surface area contributed by atoms with E-state index in [0.717, 1.165) is 19.3 Å². The molecule has 0 atom stereocenters. The summed E-state index contributed by atoms with van der Waals surface area (Å²) in [6.45, 7) is 2.20. The molecule has 0 unspecified atom stereocenters. The zero-order valence-corrected chi connectivity index (χ0v) is 10.5. The van der Waals surface area contributed by atoms with Crippen molar-refractivity contribution < 1.29 is 0 Å². The summed E-state index contributed by atoms with van der Waals surface area (Å²) in [5.41, 5.74) is 6.78. The minimum absolute atomic E-state index is 0.0241. The Balaban J connectivity index is 2.48. The summed E-state index contributed by atoms with van der Waals surface area (Å²) < 4.78 is 0. The lowest BCUT2D eigenvalue weighted by atomic mass is 10.1. The largest absolute Gasteiger partial charge is 0.397 e. The number of nitrogens with one attached hydrogen (secondary N) is 3. The van der Waals surface area contributed by atoms with Gasteiger partial charge in [-0.2, -0.15) is 0 Å². The second-order valence-electron chi connectivity index (χ2n) is 4.53. The maximum absolute atomic E-state index is 7.72. The van der Waals surface area contributed by atoms with E-state index in [2.05, 4.69) is 6.92 Å². The summed E-state index contributed by atoms with van der Waals surface area (Å²) in [6, 6.07) is 0. The zero-order chi connectivity index (χ0) is 12.8. The molecule has 0 fully saturated rings. The first-order chi connectivity index (χ1) is 8.09. The van der Waals surface area contributed by atoms with Crippen molar-refractivity contribution in [3.8, 4) is 0 Å². The molecule has 1 aromatic carbocycles. The SMILES string of the molecule is CCCCCCCCc1c(N)c(=N)c(=N)c1=N. The Morgan fingerprint density at radius 2 is 1.41 bits per heavy atom. The van der Waals surface area contributed by atoms with E-state index in [4.69, 9.17) is 22.0 Å². The summed E-state index contributed by atoms with van der Waals surface area (Å²) in [6.07, 6.45) is 7.92. The van der Waals surface area contributed by atoms with E-state index in [1.807, 2.05) is 0 Å². The molecule has 4 nitrogen and oxygen atoms in total. The van der Waals surface area contributed by atoms with Gasteiger partial charge in [0.05, 0.1) is 11.0 Å². The van der Waals surface area contributed by atoms with Gasteiger partial charge in [-0.15, -0.1) is 0 Å². The quantitative estimate of drug-likeness (QED) is 0.528. The number of rotatable bonds is 7. The number of nitrogen functional groups attached to an aromatic ring is 1. The topological polar surface area (TPSA) is 97.6 Å². The van der Waals surface area contributed by atoms with Gasteiger partial charge in [-0.05, 0) is 12.8 Å². The van der Waals surface area contributed by atoms with Gasteiger partial charge in [0.2, 0.25) is 0 Å². The average Bonchev–Trinajstić information content (AvgIpc) is 2.50. The predicted octanol–water partition coefficient (Wildman–Crippen LogP) is 1.49. The number of anilines is 1. The van der Waals surface area contributed by atoms with Crippen LogP contribution in [0.5, 0.6) is 0 Å². The third-order valence-corrected chi connectivity index (χ3v) is 3.18. The monoisotopic (exact) mass is 234 g/mol. The van der Waals surface area contributed by atoms with Gasteiger partial charge in [0, 0.05) is 5.56 Å². The van der Waals surface area contributed by atoms with Crippen LogP contribution in [0.3, 0.4) is 0 Å². The van der Waals surface area contributed by atoms with Crippen LogP contribution in [-0.4, -0.2) is 0 Å². The molecule has 0 aromatic heterocycles. The molecule has 17 heavy (non-hydrogen) atoms. The van der Waals surface area contributed by atoms with Crippen LogP contribution in [0.1, 0.15) is 51.0 Å². The molecule has 0 heterocycles. The molecule has 0 radical (unpaired) electrons. The first-order valence-corrected chi connectivity index (χ1v) is 6.35. The van der Waals surface area contributed by atoms with Crippen molar-refractivity contribution in [3.63, 3.8) is 0 Å². The Morgan fingerprint density at radius 3 is 1.94 bits per heavy atom. The molecule has 94 valence electrons. The lowest BCUT2D eigenvalue weighted by Gasteiger charge is -2.01. The molecule has 0 aliphatic rings. The molecule has 1 rings (SSSR count). The molecule has 4 heteroatoms. The standard InChI is InChI=1S/C13H22N4/c1-2-3-4-5-6-7-8-9-10(14)12(16)13(17)11(9)15/h14,16-17H,2-8,15H2,1H3. The summed E-state index contributed by atoms with van der Waals surface area (Å²) in [4.78, 5) is 0. The fraction of sp³-hybridized carbons (Fsp3) is 0.615. The lowest BCUT2D eigenvalue weighted by Crippen LogP contribution is -2.31. The number of unbranched alkanes of at least 4 members (excludes halogenated alkanes) is 5. The smallest absolute Gasteiger partial charge is 0.106 e. The van der Waals surface area contributed by atoms with Crippen LogP contribution in [0, 0.1) is 16.2 Å². The molecule has 0 bridgehead atoms. The van der Waals surface area contributed by atoms with Crippen LogP contribution in [0.2, 0.25) is 0 Å². The minimum atomic E-state index is -0.0246. The molecule has 0 amide bonds. The van der Waals surface area contributed by atoms with Gasteiger partial charge in [0.15, 0.2) is 0 Å². The van der Waals surface area contributed by atoms with Gasteiger partial charge in [0.25, 0.3) is 0 Å². The number of hydrogen-bond donors (Lipinski definition) is 4. The van der Waals surface area contributed by atoms with Gasteiger partial charge in [-0.3, -0.25) is 16.2 Å². The maximum atomic E-state index is 7.72. The zero-order valence-electron chi connectivity index (χ0n) is 10.5. The number of nitrogens with two attached hydrogens (primary N) is 1. The van der Waals surface area contributed by atoms with Crippen molar-refractivity contribution in [3.05, 3.63) is 21.6 Å². The highest BCUT2D eigenvalue weighted by Crippen LogP contribution is 2.09. The Hall–Kier alpha value is -1.45. The van der Waals surface area contributed by atoms with Crippen LogP contribution < -0.4 is 21.8 Å². The normalized spacial score (nSPS) is 10.9. The first-order valence-electron chi connectivity index (χ1n) is 6.35. The van der Waals surface area contributed by atoms with Crippen LogP contribution in [-0.2, 0) is 6.42 Å². The second kappa shape index (κ2) is 6.33. The van der Waals surface area contributed by atoms with Gasteiger partial charge in [-0.25, -0.2) is 0 Å². The van der Waals surface area contributed by atoms with E-state index in [-0.39, 0.29) is 16.1 Å². The highest BCUT2D eigenvalue weighted by Gasteiger charge is 2.08. The van der Waals surface area contributed by atoms with Crippen molar-refractivity contribution >= 4 is 5.69 Å². The second-order valence-corrected chi connectivity index (χ2v) is 4.53. The van der Waals surface area contributed by atoms with E-state index < -0.39 is 0 Å². The summed E-state index contributed by atoms with van der Waals surface area (Å²) >= 11 is 0. The number of hydrogen-bond acceptors (Lipinski definition) is 4. The Kier molecular flexibility index (Phi) is 5.07. The van der Waals surface area contributed by atoms with Crippen molar-refractivity contribution in [2.24, 2.45) is 0 Å². The third-order valence-electron chi connectivity index (χ3n) is 3.18. The van der Waals surface area contributed by atoms with Crippen molar-refractivity contribution in [2.45, 2.75) is 51.9 Å². The average molecular weight is 234 g/mol.